The third-order valence-corrected chi connectivity index (χ3v) is 3.19. The Labute approximate surface area is 81.9 Å². The zero-order chi connectivity index (χ0) is 9.84. The quantitative estimate of drug-likeness (QED) is 0.653. The lowest BCUT2D eigenvalue weighted by atomic mass is 9.73. The minimum atomic E-state index is 0.385. The van der Waals surface area contributed by atoms with E-state index in [9.17, 15) is 4.79 Å². The topological polar surface area (TPSA) is 17.1 Å². The first-order valence-electron chi connectivity index (χ1n) is 5.67. The number of ketones is 1. The van der Waals surface area contributed by atoms with Crippen LogP contribution >= 0.6 is 0 Å². The minimum absolute atomic E-state index is 0.385. The standard InChI is InChI=1S/C12H22O/c1-4-11-10(8-9(2)3)6-5-7-12(11)13/h9-11H,4-8H2,1-3H3. The fraction of sp³-hybridized carbons (Fsp3) is 0.917. The Balaban J connectivity index is 2.54. The Morgan fingerprint density at radius 1 is 1.46 bits per heavy atom. The van der Waals surface area contributed by atoms with Gasteiger partial charge in [0.25, 0.3) is 0 Å². The number of carbonyl (C=O) groups is 1. The molecule has 1 fully saturated rings. The van der Waals surface area contributed by atoms with Gasteiger partial charge in [0.15, 0.2) is 0 Å². The summed E-state index contributed by atoms with van der Waals surface area (Å²) in [6, 6.07) is 0. The Hall–Kier alpha value is -0.330. The second-order valence-electron chi connectivity index (χ2n) is 4.76. The molecule has 0 aromatic carbocycles. The number of hydrogen-bond donors (Lipinski definition) is 0. The molecule has 13 heavy (non-hydrogen) atoms. The molecule has 76 valence electrons. The highest BCUT2D eigenvalue weighted by Crippen LogP contribution is 2.33. The molecule has 1 heteroatoms. The van der Waals surface area contributed by atoms with Gasteiger partial charge in [0.1, 0.15) is 5.78 Å². The summed E-state index contributed by atoms with van der Waals surface area (Å²) in [5.41, 5.74) is 0. The highest BCUT2D eigenvalue weighted by molar-refractivity contribution is 5.81. The molecule has 0 amide bonds. The van der Waals surface area contributed by atoms with Gasteiger partial charge < -0.3 is 0 Å². The number of rotatable bonds is 3. The van der Waals surface area contributed by atoms with Crippen molar-refractivity contribution in [3.63, 3.8) is 0 Å². The summed E-state index contributed by atoms with van der Waals surface area (Å²) in [6.07, 6.45) is 5.54. The number of carbonyl (C=O) groups excluding carboxylic acids is 1. The van der Waals surface area contributed by atoms with Crippen LogP contribution in [-0.4, -0.2) is 5.78 Å². The van der Waals surface area contributed by atoms with Crippen molar-refractivity contribution >= 4 is 5.78 Å². The van der Waals surface area contributed by atoms with Gasteiger partial charge in [-0.2, -0.15) is 0 Å². The fourth-order valence-electron chi connectivity index (χ4n) is 2.64. The van der Waals surface area contributed by atoms with E-state index in [0.29, 0.717) is 17.6 Å². The maximum Gasteiger partial charge on any atom is 0.136 e. The zero-order valence-electron chi connectivity index (χ0n) is 9.18. The van der Waals surface area contributed by atoms with Crippen molar-refractivity contribution in [2.24, 2.45) is 17.8 Å². The Kier molecular flexibility index (Phi) is 3.95. The molecule has 0 aliphatic heterocycles. The van der Waals surface area contributed by atoms with E-state index in [4.69, 9.17) is 0 Å². The van der Waals surface area contributed by atoms with Crippen molar-refractivity contribution in [3.05, 3.63) is 0 Å². The number of Topliss-reactive ketones (excluding diaryl/α,β-unsaturated/α-hetero) is 1. The van der Waals surface area contributed by atoms with Gasteiger partial charge in [-0.05, 0) is 37.5 Å². The SMILES string of the molecule is CCC1C(=O)CCCC1CC(C)C. The van der Waals surface area contributed by atoms with E-state index in [0.717, 1.165) is 25.2 Å². The van der Waals surface area contributed by atoms with E-state index in [1.807, 2.05) is 0 Å². The van der Waals surface area contributed by atoms with Crippen molar-refractivity contribution < 1.29 is 4.79 Å². The van der Waals surface area contributed by atoms with Gasteiger partial charge in [0, 0.05) is 12.3 Å². The highest BCUT2D eigenvalue weighted by atomic mass is 16.1. The Morgan fingerprint density at radius 2 is 2.15 bits per heavy atom. The first-order valence-corrected chi connectivity index (χ1v) is 5.67. The average Bonchev–Trinajstić information content (AvgIpc) is 2.03. The molecule has 0 saturated heterocycles. The summed E-state index contributed by atoms with van der Waals surface area (Å²) in [5, 5.41) is 0. The first-order chi connectivity index (χ1) is 6.15. The van der Waals surface area contributed by atoms with E-state index in [1.54, 1.807) is 0 Å². The molecule has 1 saturated carbocycles. The monoisotopic (exact) mass is 182 g/mol. The summed E-state index contributed by atoms with van der Waals surface area (Å²) in [5.74, 6) is 2.34. The van der Waals surface area contributed by atoms with Crippen molar-refractivity contribution in [1.82, 2.24) is 0 Å². The van der Waals surface area contributed by atoms with Crippen molar-refractivity contribution in [3.8, 4) is 0 Å². The van der Waals surface area contributed by atoms with Crippen molar-refractivity contribution in [1.29, 1.82) is 0 Å². The van der Waals surface area contributed by atoms with Crippen LogP contribution in [0, 0.1) is 17.8 Å². The molecular weight excluding hydrogens is 160 g/mol. The predicted molar refractivity (Wildman–Crippen MR) is 55.6 cm³/mol. The van der Waals surface area contributed by atoms with Crippen LogP contribution in [0.1, 0.15) is 52.9 Å². The molecule has 2 atom stereocenters. The second-order valence-corrected chi connectivity index (χ2v) is 4.76. The van der Waals surface area contributed by atoms with Crippen molar-refractivity contribution in [2.45, 2.75) is 52.9 Å². The summed E-state index contributed by atoms with van der Waals surface area (Å²) in [6.45, 7) is 6.67. The molecule has 0 spiro atoms. The molecule has 0 N–H and O–H groups in total. The molecule has 0 radical (unpaired) electrons. The molecule has 0 aromatic rings. The molecule has 0 bridgehead atoms. The molecular formula is C12H22O. The Bertz CT molecular complexity index is 172. The smallest absolute Gasteiger partial charge is 0.136 e. The van der Waals surface area contributed by atoms with Gasteiger partial charge in [-0.25, -0.2) is 0 Å². The average molecular weight is 182 g/mol. The zero-order valence-corrected chi connectivity index (χ0v) is 9.18. The van der Waals surface area contributed by atoms with Crippen molar-refractivity contribution in [2.75, 3.05) is 0 Å². The van der Waals surface area contributed by atoms with Crippen LogP contribution in [0.3, 0.4) is 0 Å². The van der Waals surface area contributed by atoms with Crippen LogP contribution < -0.4 is 0 Å². The van der Waals surface area contributed by atoms with Crippen LogP contribution in [0.15, 0.2) is 0 Å². The van der Waals surface area contributed by atoms with Gasteiger partial charge in [0.05, 0.1) is 0 Å². The molecule has 1 aliphatic carbocycles. The van der Waals surface area contributed by atoms with Crippen LogP contribution in [0.4, 0.5) is 0 Å². The van der Waals surface area contributed by atoms with Gasteiger partial charge in [-0.3, -0.25) is 4.79 Å². The van der Waals surface area contributed by atoms with E-state index >= 15 is 0 Å². The molecule has 0 aromatic heterocycles. The normalized spacial score (nSPS) is 29.7. The van der Waals surface area contributed by atoms with Gasteiger partial charge >= 0.3 is 0 Å². The van der Waals surface area contributed by atoms with E-state index < -0.39 is 0 Å². The summed E-state index contributed by atoms with van der Waals surface area (Å²) in [7, 11) is 0. The summed E-state index contributed by atoms with van der Waals surface area (Å²) in [4.78, 5) is 11.6. The van der Waals surface area contributed by atoms with Gasteiger partial charge in [-0.15, -0.1) is 0 Å². The molecule has 1 nitrogen and oxygen atoms in total. The van der Waals surface area contributed by atoms with Crippen LogP contribution in [0.2, 0.25) is 0 Å². The highest BCUT2D eigenvalue weighted by Gasteiger charge is 2.30. The molecule has 1 rings (SSSR count). The largest absolute Gasteiger partial charge is 0.299 e. The van der Waals surface area contributed by atoms with E-state index in [-0.39, 0.29) is 0 Å². The lowest BCUT2D eigenvalue weighted by Gasteiger charge is -2.30. The summed E-state index contributed by atoms with van der Waals surface area (Å²) < 4.78 is 0. The minimum Gasteiger partial charge on any atom is -0.299 e. The third kappa shape index (κ3) is 2.82. The predicted octanol–water partition coefficient (Wildman–Crippen LogP) is 3.43. The lowest BCUT2D eigenvalue weighted by molar-refractivity contribution is -0.127. The fourth-order valence-corrected chi connectivity index (χ4v) is 2.64. The van der Waals surface area contributed by atoms with Crippen LogP contribution in [0.5, 0.6) is 0 Å². The molecule has 0 heterocycles. The Morgan fingerprint density at radius 3 is 2.69 bits per heavy atom. The maximum atomic E-state index is 11.6. The molecule has 2 unspecified atom stereocenters. The van der Waals surface area contributed by atoms with Crippen LogP contribution in [0.25, 0.3) is 0 Å². The summed E-state index contributed by atoms with van der Waals surface area (Å²) >= 11 is 0. The van der Waals surface area contributed by atoms with Gasteiger partial charge in [-0.1, -0.05) is 20.8 Å². The second kappa shape index (κ2) is 4.78. The third-order valence-electron chi connectivity index (χ3n) is 3.19. The van der Waals surface area contributed by atoms with Crippen LogP contribution in [-0.2, 0) is 4.79 Å². The maximum absolute atomic E-state index is 11.6. The molecule has 1 aliphatic rings. The van der Waals surface area contributed by atoms with E-state index in [1.165, 1.54) is 12.8 Å². The number of hydrogen-bond acceptors (Lipinski definition) is 1. The van der Waals surface area contributed by atoms with E-state index in [2.05, 4.69) is 20.8 Å². The van der Waals surface area contributed by atoms with Gasteiger partial charge in [0.2, 0.25) is 0 Å². The first kappa shape index (κ1) is 10.7. The lowest BCUT2D eigenvalue weighted by Crippen LogP contribution is -2.28.